The van der Waals surface area contributed by atoms with E-state index >= 15 is 0 Å². The van der Waals surface area contributed by atoms with E-state index in [9.17, 15) is 4.79 Å². The first-order valence-electron chi connectivity index (χ1n) is 6.54. The number of carbonyl (C=O) groups is 1. The Morgan fingerprint density at radius 1 is 1.37 bits per heavy atom. The van der Waals surface area contributed by atoms with Crippen LogP contribution in [0.15, 0.2) is 0 Å². The number of aliphatic hydroxyl groups excluding tert-OH is 1. The van der Waals surface area contributed by atoms with Gasteiger partial charge in [-0.2, -0.15) is 0 Å². The first-order chi connectivity index (χ1) is 8.81. The lowest BCUT2D eigenvalue weighted by atomic mass is 9.81. The van der Waals surface area contributed by atoms with Crippen molar-refractivity contribution in [3.63, 3.8) is 0 Å². The Morgan fingerprint density at radius 3 is 2.47 bits per heavy atom. The highest BCUT2D eigenvalue weighted by Crippen LogP contribution is 2.17. The molecule has 0 saturated heterocycles. The van der Waals surface area contributed by atoms with Gasteiger partial charge in [0.05, 0.1) is 6.61 Å². The van der Waals surface area contributed by atoms with Crippen LogP contribution in [0.4, 0.5) is 0 Å². The van der Waals surface area contributed by atoms with Crippen molar-refractivity contribution in [2.45, 2.75) is 50.5 Å². The molecule has 0 aliphatic heterocycles. The minimum atomic E-state index is -1.36. The van der Waals surface area contributed by atoms with Gasteiger partial charge in [0.25, 0.3) is 0 Å². The monoisotopic (exact) mass is 276 g/mol. The van der Waals surface area contributed by atoms with Gasteiger partial charge < -0.3 is 31.3 Å². The minimum Gasteiger partial charge on any atom is -0.480 e. The number of carboxylic acids is 1. The zero-order chi connectivity index (χ0) is 14.9. The fourth-order valence-corrected chi connectivity index (χ4v) is 1.71. The molecule has 19 heavy (non-hydrogen) atoms. The molecule has 0 fully saturated rings. The van der Waals surface area contributed by atoms with Crippen LogP contribution in [-0.4, -0.2) is 58.1 Å². The van der Waals surface area contributed by atoms with Crippen LogP contribution < -0.4 is 11.1 Å². The molecule has 0 rings (SSSR count). The van der Waals surface area contributed by atoms with Crippen LogP contribution in [0, 0.1) is 0 Å². The van der Waals surface area contributed by atoms with Crippen LogP contribution in [-0.2, 0) is 4.79 Å². The Hall–Kier alpha value is -0.665. The standard InChI is InChI=1S/C11H25BN2O5/c1-9(8-15)14-7-5-11(13,10(16)17)4-2-3-6-12(18)19/h9,14-15,18-19H,2-8,13H2,1H3,(H,16,17). The molecule has 112 valence electrons. The van der Waals surface area contributed by atoms with Gasteiger partial charge in [0.2, 0.25) is 0 Å². The predicted octanol–water partition coefficient (Wildman–Crippen LogP) is -1.23. The highest BCUT2D eigenvalue weighted by atomic mass is 16.4. The molecule has 7 N–H and O–H groups in total. The van der Waals surface area contributed by atoms with Crippen LogP contribution in [0.2, 0.25) is 6.32 Å². The summed E-state index contributed by atoms with van der Waals surface area (Å²) < 4.78 is 0. The quantitative estimate of drug-likeness (QED) is 0.205. The molecule has 0 heterocycles. The van der Waals surface area contributed by atoms with Crippen molar-refractivity contribution in [1.82, 2.24) is 5.32 Å². The smallest absolute Gasteiger partial charge is 0.451 e. The lowest BCUT2D eigenvalue weighted by molar-refractivity contribution is -0.144. The van der Waals surface area contributed by atoms with Crippen molar-refractivity contribution in [1.29, 1.82) is 0 Å². The van der Waals surface area contributed by atoms with Gasteiger partial charge in [0, 0.05) is 6.04 Å². The molecule has 0 aromatic heterocycles. The first kappa shape index (κ1) is 18.3. The van der Waals surface area contributed by atoms with Crippen LogP contribution in [0.5, 0.6) is 0 Å². The van der Waals surface area contributed by atoms with E-state index in [1.807, 2.05) is 0 Å². The van der Waals surface area contributed by atoms with E-state index in [1.54, 1.807) is 6.92 Å². The molecule has 2 unspecified atom stereocenters. The normalized spacial score (nSPS) is 15.8. The molecule has 7 nitrogen and oxygen atoms in total. The molecule has 0 saturated carbocycles. The number of unbranched alkanes of at least 4 members (excludes halogenated alkanes) is 1. The van der Waals surface area contributed by atoms with Gasteiger partial charge in [-0.3, -0.25) is 4.79 Å². The summed E-state index contributed by atoms with van der Waals surface area (Å²) >= 11 is 0. The Labute approximate surface area is 114 Å². The molecule has 0 aliphatic rings. The number of nitrogens with one attached hydrogen (secondary N) is 1. The highest BCUT2D eigenvalue weighted by Gasteiger charge is 2.32. The molecule has 0 amide bonds. The van der Waals surface area contributed by atoms with Gasteiger partial charge in [-0.05, 0) is 32.6 Å². The molecule has 2 atom stereocenters. The fourth-order valence-electron chi connectivity index (χ4n) is 1.71. The van der Waals surface area contributed by atoms with E-state index in [2.05, 4.69) is 5.32 Å². The Morgan fingerprint density at radius 2 is 2.00 bits per heavy atom. The lowest BCUT2D eigenvalue weighted by Gasteiger charge is -2.25. The summed E-state index contributed by atoms with van der Waals surface area (Å²) in [7, 11) is -1.36. The summed E-state index contributed by atoms with van der Waals surface area (Å²) in [6.07, 6.45) is 1.80. The molecular formula is C11H25BN2O5. The van der Waals surface area contributed by atoms with Gasteiger partial charge in [-0.25, -0.2) is 0 Å². The zero-order valence-electron chi connectivity index (χ0n) is 11.4. The van der Waals surface area contributed by atoms with Gasteiger partial charge >= 0.3 is 13.1 Å². The van der Waals surface area contributed by atoms with Crippen molar-refractivity contribution in [3.8, 4) is 0 Å². The molecule has 0 aromatic rings. The Kier molecular flexibility index (Phi) is 8.95. The summed E-state index contributed by atoms with van der Waals surface area (Å²) in [6.45, 7) is 2.19. The molecular weight excluding hydrogens is 251 g/mol. The number of rotatable bonds is 11. The summed E-state index contributed by atoms with van der Waals surface area (Å²) in [5.74, 6) is -1.06. The number of hydrogen-bond donors (Lipinski definition) is 6. The number of hydrogen-bond acceptors (Lipinski definition) is 6. The maximum absolute atomic E-state index is 11.2. The number of carboxylic acid groups (broad SMARTS) is 1. The Balaban J connectivity index is 4.08. The van der Waals surface area contributed by atoms with Gasteiger partial charge in [-0.15, -0.1) is 0 Å². The highest BCUT2D eigenvalue weighted by molar-refractivity contribution is 6.40. The number of aliphatic hydroxyl groups is 1. The first-order valence-corrected chi connectivity index (χ1v) is 6.54. The predicted molar refractivity (Wildman–Crippen MR) is 72.6 cm³/mol. The largest absolute Gasteiger partial charge is 0.480 e. The average Bonchev–Trinajstić information content (AvgIpc) is 2.34. The maximum Gasteiger partial charge on any atom is 0.451 e. The maximum atomic E-state index is 11.2. The van der Waals surface area contributed by atoms with Crippen LogP contribution >= 0.6 is 0 Å². The second-order valence-electron chi connectivity index (χ2n) is 4.98. The van der Waals surface area contributed by atoms with Crippen molar-refractivity contribution < 1.29 is 25.1 Å². The summed E-state index contributed by atoms with van der Waals surface area (Å²) in [5.41, 5.74) is 4.54. The number of nitrogens with two attached hydrogens (primary N) is 1. The van der Waals surface area contributed by atoms with Crippen LogP contribution in [0.3, 0.4) is 0 Å². The molecule has 8 heteroatoms. The van der Waals surface area contributed by atoms with E-state index in [1.165, 1.54) is 0 Å². The third kappa shape index (κ3) is 8.17. The summed E-state index contributed by atoms with van der Waals surface area (Å²) in [4.78, 5) is 11.2. The van der Waals surface area contributed by atoms with Crippen molar-refractivity contribution >= 4 is 13.1 Å². The molecule has 0 aromatic carbocycles. The Bertz CT molecular complexity index is 267. The van der Waals surface area contributed by atoms with Gasteiger partial charge in [-0.1, -0.05) is 12.8 Å². The second-order valence-corrected chi connectivity index (χ2v) is 4.98. The molecule has 0 radical (unpaired) electrons. The van der Waals surface area contributed by atoms with Crippen LogP contribution in [0.1, 0.15) is 32.6 Å². The average molecular weight is 276 g/mol. The second kappa shape index (κ2) is 9.27. The van der Waals surface area contributed by atoms with Gasteiger partial charge in [0.1, 0.15) is 5.54 Å². The SMILES string of the molecule is CC(CO)NCCC(N)(CCCCB(O)O)C(=O)O. The molecule has 0 bridgehead atoms. The molecule has 0 spiro atoms. The van der Waals surface area contributed by atoms with E-state index < -0.39 is 18.6 Å². The van der Waals surface area contributed by atoms with Crippen molar-refractivity contribution in [2.75, 3.05) is 13.2 Å². The van der Waals surface area contributed by atoms with E-state index in [0.717, 1.165) is 0 Å². The van der Waals surface area contributed by atoms with E-state index in [-0.39, 0.29) is 31.8 Å². The van der Waals surface area contributed by atoms with Crippen molar-refractivity contribution in [2.24, 2.45) is 5.73 Å². The van der Waals surface area contributed by atoms with E-state index in [4.69, 9.17) is 26.0 Å². The third-order valence-corrected chi connectivity index (χ3v) is 3.10. The topological polar surface area (TPSA) is 136 Å². The zero-order valence-corrected chi connectivity index (χ0v) is 11.4. The summed E-state index contributed by atoms with van der Waals surface area (Å²) in [5, 5.41) is 38.4. The van der Waals surface area contributed by atoms with Crippen LogP contribution in [0.25, 0.3) is 0 Å². The third-order valence-electron chi connectivity index (χ3n) is 3.10. The number of aliphatic carboxylic acids is 1. The molecule has 0 aliphatic carbocycles. The van der Waals surface area contributed by atoms with E-state index in [0.29, 0.717) is 19.4 Å². The van der Waals surface area contributed by atoms with Crippen molar-refractivity contribution in [3.05, 3.63) is 0 Å². The summed E-state index contributed by atoms with van der Waals surface area (Å²) in [6, 6.07) is -0.0948. The minimum absolute atomic E-state index is 0.0148. The fraction of sp³-hybridized carbons (Fsp3) is 0.909. The van der Waals surface area contributed by atoms with Gasteiger partial charge in [0.15, 0.2) is 0 Å². The lowest BCUT2D eigenvalue weighted by Crippen LogP contribution is -2.50.